The van der Waals surface area contributed by atoms with Gasteiger partial charge in [-0.2, -0.15) is 0 Å². The van der Waals surface area contributed by atoms with Gasteiger partial charge in [0.25, 0.3) is 17.7 Å². The van der Waals surface area contributed by atoms with Gasteiger partial charge in [0.2, 0.25) is 0 Å². The first-order valence-electron chi connectivity index (χ1n) is 8.77. The molecule has 0 saturated carbocycles. The third kappa shape index (κ3) is 3.37. The topological polar surface area (TPSA) is 107 Å². The molecular weight excluding hydrogens is 452 g/mol. The molecule has 0 saturated heterocycles. The summed E-state index contributed by atoms with van der Waals surface area (Å²) in [4.78, 5) is 50.4. The van der Waals surface area contributed by atoms with E-state index >= 15 is 0 Å². The molecule has 0 unspecified atom stereocenters. The molecule has 3 amide bonds. The van der Waals surface area contributed by atoms with Crippen molar-refractivity contribution in [1.29, 1.82) is 0 Å². The van der Waals surface area contributed by atoms with Crippen LogP contribution < -0.4 is 15.3 Å². The number of benzene rings is 3. The number of carboxylic acid groups (broad SMARTS) is 1. The van der Waals surface area contributed by atoms with E-state index < -0.39 is 23.7 Å². The molecule has 8 heteroatoms. The number of anilines is 2. The fraction of sp³-hybridized carbons (Fsp3) is 0. The number of imide groups is 1. The van der Waals surface area contributed by atoms with Crippen molar-refractivity contribution in [3.05, 3.63) is 93.5 Å². The van der Waals surface area contributed by atoms with Crippen LogP contribution in [0.1, 0.15) is 41.4 Å². The predicted molar refractivity (Wildman–Crippen MR) is 110 cm³/mol. The minimum Gasteiger partial charge on any atom is -0.545 e. The highest BCUT2D eigenvalue weighted by Gasteiger charge is 2.37. The summed E-state index contributed by atoms with van der Waals surface area (Å²) in [6.07, 6.45) is 0. The van der Waals surface area contributed by atoms with E-state index in [-0.39, 0.29) is 27.9 Å². The molecule has 1 aliphatic rings. The Balaban J connectivity index is 1.64. The molecule has 30 heavy (non-hydrogen) atoms. The molecule has 0 bridgehead atoms. The first-order chi connectivity index (χ1) is 14.4. The molecule has 1 aliphatic heterocycles. The summed E-state index contributed by atoms with van der Waals surface area (Å²) < 4.78 is 0.804. The van der Waals surface area contributed by atoms with E-state index in [1.165, 1.54) is 36.4 Å². The normalized spacial score (nSPS) is 12.6. The third-order valence-electron chi connectivity index (χ3n) is 4.63. The summed E-state index contributed by atoms with van der Waals surface area (Å²) in [7, 11) is 0. The highest BCUT2D eigenvalue weighted by atomic mass is 79.9. The number of hydrogen-bond acceptors (Lipinski definition) is 5. The first-order valence-corrected chi connectivity index (χ1v) is 9.56. The maximum absolute atomic E-state index is 12.8. The Bertz CT molecular complexity index is 1220. The monoisotopic (exact) mass is 463 g/mol. The lowest BCUT2D eigenvalue weighted by Gasteiger charge is -2.13. The number of fused-ring (bicyclic) bond motifs is 1. The van der Waals surface area contributed by atoms with Gasteiger partial charge in [-0.15, -0.1) is 0 Å². The Morgan fingerprint density at radius 3 is 2.23 bits per heavy atom. The number of carbonyl (C=O) groups is 4. The summed E-state index contributed by atoms with van der Waals surface area (Å²) in [5, 5.41) is 13.7. The summed E-state index contributed by atoms with van der Waals surface area (Å²) in [6.45, 7) is 0. The van der Waals surface area contributed by atoms with Gasteiger partial charge in [0.05, 0.1) is 28.5 Å². The van der Waals surface area contributed by atoms with Crippen molar-refractivity contribution in [3.8, 4) is 0 Å². The van der Waals surface area contributed by atoms with Gasteiger partial charge < -0.3 is 15.2 Å². The van der Waals surface area contributed by atoms with Crippen LogP contribution in [0, 0.1) is 0 Å². The van der Waals surface area contributed by atoms with Crippen LogP contribution in [0.4, 0.5) is 11.4 Å². The number of para-hydroxylation sites is 1. The molecule has 0 aromatic heterocycles. The smallest absolute Gasteiger partial charge is 0.266 e. The molecule has 1 N–H and O–H groups in total. The van der Waals surface area contributed by atoms with E-state index in [9.17, 15) is 24.3 Å². The molecule has 3 aromatic carbocycles. The van der Waals surface area contributed by atoms with Crippen molar-refractivity contribution in [3.63, 3.8) is 0 Å². The molecule has 7 nitrogen and oxygen atoms in total. The molecule has 0 atom stereocenters. The average molecular weight is 464 g/mol. The van der Waals surface area contributed by atoms with Gasteiger partial charge >= 0.3 is 0 Å². The maximum Gasteiger partial charge on any atom is 0.266 e. The maximum atomic E-state index is 12.8. The lowest BCUT2D eigenvalue weighted by molar-refractivity contribution is -0.254. The molecule has 0 fully saturated rings. The quantitative estimate of drug-likeness (QED) is 0.598. The van der Waals surface area contributed by atoms with E-state index in [0.717, 1.165) is 9.37 Å². The van der Waals surface area contributed by atoms with E-state index in [1.807, 2.05) is 0 Å². The third-order valence-corrected chi connectivity index (χ3v) is 5.16. The molecular formula is C22H12BrN2O5-. The van der Waals surface area contributed by atoms with Gasteiger partial charge in [-0.1, -0.05) is 34.1 Å². The van der Waals surface area contributed by atoms with Crippen LogP contribution in [0.5, 0.6) is 0 Å². The van der Waals surface area contributed by atoms with E-state index in [1.54, 1.807) is 30.3 Å². The van der Waals surface area contributed by atoms with Crippen LogP contribution in [-0.4, -0.2) is 23.7 Å². The van der Waals surface area contributed by atoms with E-state index in [4.69, 9.17) is 0 Å². The first kappa shape index (κ1) is 19.5. The number of nitrogens with zero attached hydrogens (tertiary/aromatic N) is 1. The second kappa shape index (κ2) is 7.57. The highest BCUT2D eigenvalue weighted by molar-refractivity contribution is 9.10. The second-order valence-corrected chi connectivity index (χ2v) is 7.39. The Morgan fingerprint density at radius 2 is 1.53 bits per heavy atom. The van der Waals surface area contributed by atoms with Gasteiger partial charge in [0, 0.05) is 15.6 Å². The molecule has 1 heterocycles. The Labute approximate surface area is 179 Å². The zero-order valence-electron chi connectivity index (χ0n) is 15.2. The van der Waals surface area contributed by atoms with Crippen molar-refractivity contribution in [2.75, 3.05) is 10.2 Å². The summed E-state index contributed by atoms with van der Waals surface area (Å²) >= 11 is 3.31. The van der Waals surface area contributed by atoms with Crippen LogP contribution in [0.25, 0.3) is 0 Å². The largest absolute Gasteiger partial charge is 0.545 e. The van der Waals surface area contributed by atoms with Crippen molar-refractivity contribution in [2.24, 2.45) is 0 Å². The minimum atomic E-state index is -1.43. The summed E-state index contributed by atoms with van der Waals surface area (Å²) in [5.41, 5.74) is 0.721. The number of nitrogens with one attached hydrogen (secondary N) is 1. The molecule has 148 valence electrons. The summed E-state index contributed by atoms with van der Waals surface area (Å²) in [5.74, 6) is -3.06. The number of halogens is 1. The summed E-state index contributed by atoms with van der Waals surface area (Å²) in [6, 6.07) is 16.7. The van der Waals surface area contributed by atoms with Crippen molar-refractivity contribution < 1.29 is 24.3 Å². The Kier molecular flexibility index (Phi) is 4.93. The van der Waals surface area contributed by atoms with Crippen LogP contribution >= 0.6 is 15.9 Å². The minimum absolute atomic E-state index is 0.0712. The number of aromatic carboxylic acids is 1. The van der Waals surface area contributed by atoms with Crippen molar-refractivity contribution >= 4 is 51.0 Å². The van der Waals surface area contributed by atoms with E-state index in [0.29, 0.717) is 5.69 Å². The SMILES string of the molecule is O=C(Nc1ccccc1C(=O)[O-])c1ccc2c(c1)C(=O)N(c1ccc(Br)cc1)C2=O. The molecule has 0 aliphatic carbocycles. The number of amides is 3. The van der Waals surface area contributed by atoms with Gasteiger partial charge in [0.1, 0.15) is 0 Å². The molecule has 0 radical (unpaired) electrons. The van der Waals surface area contributed by atoms with Gasteiger partial charge in [0.15, 0.2) is 0 Å². The van der Waals surface area contributed by atoms with Gasteiger partial charge in [-0.25, -0.2) is 4.90 Å². The van der Waals surface area contributed by atoms with Crippen LogP contribution in [-0.2, 0) is 0 Å². The Hall–Kier alpha value is -3.78. The highest BCUT2D eigenvalue weighted by Crippen LogP contribution is 2.30. The van der Waals surface area contributed by atoms with Gasteiger partial charge in [-0.3, -0.25) is 14.4 Å². The van der Waals surface area contributed by atoms with Crippen LogP contribution in [0.2, 0.25) is 0 Å². The van der Waals surface area contributed by atoms with Gasteiger partial charge in [-0.05, 0) is 48.5 Å². The van der Waals surface area contributed by atoms with Crippen LogP contribution in [0.15, 0.2) is 71.2 Å². The second-order valence-electron chi connectivity index (χ2n) is 6.47. The standard InChI is InChI=1S/C22H13BrN2O5/c23-13-6-8-14(9-7-13)25-20(27)15-10-5-12(11-17(15)21(25)28)19(26)24-18-4-2-1-3-16(18)22(29)30/h1-11H,(H,24,26)(H,29,30)/p-1. The molecule has 3 aromatic rings. The lowest BCUT2D eigenvalue weighted by atomic mass is 10.0. The lowest BCUT2D eigenvalue weighted by Crippen LogP contribution is -2.29. The average Bonchev–Trinajstić information content (AvgIpc) is 2.99. The Morgan fingerprint density at radius 1 is 0.867 bits per heavy atom. The molecule has 0 spiro atoms. The van der Waals surface area contributed by atoms with Crippen molar-refractivity contribution in [1.82, 2.24) is 0 Å². The molecule has 4 rings (SSSR count). The zero-order chi connectivity index (χ0) is 21.4. The number of hydrogen-bond donors (Lipinski definition) is 1. The fourth-order valence-corrected chi connectivity index (χ4v) is 3.44. The number of carbonyl (C=O) groups excluding carboxylic acids is 4. The zero-order valence-corrected chi connectivity index (χ0v) is 16.8. The fourth-order valence-electron chi connectivity index (χ4n) is 3.17. The van der Waals surface area contributed by atoms with Crippen molar-refractivity contribution in [2.45, 2.75) is 0 Å². The van der Waals surface area contributed by atoms with E-state index in [2.05, 4.69) is 21.2 Å². The van der Waals surface area contributed by atoms with Crippen LogP contribution in [0.3, 0.4) is 0 Å². The number of rotatable bonds is 4. The number of carboxylic acids is 1. The predicted octanol–water partition coefficient (Wildman–Crippen LogP) is 2.87.